The van der Waals surface area contributed by atoms with Gasteiger partial charge in [-0.15, -0.1) is 0 Å². The summed E-state index contributed by atoms with van der Waals surface area (Å²) >= 11 is 0. The first kappa shape index (κ1) is 14.8. The smallest absolute Gasteiger partial charge is 0.0710 e. The van der Waals surface area contributed by atoms with Crippen LogP contribution in [0, 0.1) is 0 Å². The van der Waals surface area contributed by atoms with Crippen molar-refractivity contribution in [3.63, 3.8) is 0 Å². The van der Waals surface area contributed by atoms with Crippen LogP contribution in [0.4, 0.5) is 0 Å². The lowest BCUT2D eigenvalue weighted by atomic mass is 9.83. The fraction of sp³-hybridized carbons (Fsp3) is 1.00. The number of hydrogen-bond acceptors (Lipinski definition) is 3. The summed E-state index contributed by atoms with van der Waals surface area (Å²) in [5, 5.41) is 9.33. The fourth-order valence-corrected chi connectivity index (χ4v) is 4.67. The van der Waals surface area contributed by atoms with E-state index in [2.05, 4.69) is 4.90 Å². The van der Waals surface area contributed by atoms with Crippen molar-refractivity contribution in [2.45, 2.75) is 88.4 Å². The second-order valence-electron chi connectivity index (χ2n) is 7.18. The molecule has 3 nitrogen and oxygen atoms in total. The van der Waals surface area contributed by atoms with Gasteiger partial charge in [-0.1, -0.05) is 32.1 Å². The molecule has 1 spiro atoms. The zero-order chi connectivity index (χ0) is 13.8. The van der Waals surface area contributed by atoms with Crippen molar-refractivity contribution in [2.24, 2.45) is 0 Å². The van der Waals surface area contributed by atoms with Gasteiger partial charge in [-0.25, -0.2) is 0 Å². The van der Waals surface area contributed by atoms with Crippen molar-refractivity contribution in [2.75, 3.05) is 19.7 Å². The first-order valence-electron chi connectivity index (χ1n) is 8.84. The average molecular weight is 281 g/mol. The Balaban J connectivity index is 1.53. The largest absolute Gasteiger partial charge is 0.395 e. The number of aliphatic hydroxyl groups excluding tert-OH is 1. The lowest BCUT2D eigenvalue weighted by Crippen LogP contribution is -2.42. The Morgan fingerprint density at radius 2 is 1.70 bits per heavy atom. The van der Waals surface area contributed by atoms with E-state index >= 15 is 0 Å². The van der Waals surface area contributed by atoms with E-state index in [-0.39, 0.29) is 12.2 Å². The van der Waals surface area contributed by atoms with Crippen molar-refractivity contribution in [1.29, 1.82) is 0 Å². The van der Waals surface area contributed by atoms with E-state index in [0.29, 0.717) is 12.1 Å². The molecule has 0 aromatic carbocycles. The molecule has 116 valence electrons. The summed E-state index contributed by atoms with van der Waals surface area (Å²) in [6, 6.07) is 0.702. The minimum Gasteiger partial charge on any atom is -0.395 e. The van der Waals surface area contributed by atoms with Gasteiger partial charge < -0.3 is 9.84 Å². The highest BCUT2D eigenvalue weighted by Crippen LogP contribution is 2.42. The molecule has 1 N–H and O–H groups in total. The SMILES string of the molecule is OCCN(CC1CCC2(CCCCC2)O1)C1CCCC1. The Morgan fingerprint density at radius 3 is 2.40 bits per heavy atom. The van der Waals surface area contributed by atoms with Crippen molar-refractivity contribution in [1.82, 2.24) is 4.90 Å². The maximum absolute atomic E-state index is 9.33. The molecule has 0 bridgehead atoms. The van der Waals surface area contributed by atoms with Crippen LogP contribution in [0.25, 0.3) is 0 Å². The van der Waals surface area contributed by atoms with Crippen LogP contribution in [0.15, 0.2) is 0 Å². The molecule has 3 fully saturated rings. The second-order valence-corrected chi connectivity index (χ2v) is 7.18. The van der Waals surface area contributed by atoms with E-state index < -0.39 is 0 Å². The minimum atomic E-state index is 0.240. The van der Waals surface area contributed by atoms with Crippen molar-refractivity contribution in [3.8, 4) is 0 Å². The van der Waals surface area contributed by atoms with Crippen molar-refractivity contribution in [3.05, 3.63) is 0 Å². The van der Waals surface area contributed by atoms with Crippen LogP contribution in [0.2, 0.25) is 0 Å². The third-order valence-corrected chi connectivity index (χ3v) is 5.77. The Kier molecular flexibility index (Phi) is 5.00. The number of aliphatic hydroxyl groups is 1. The van der Waals surface area contributed by atoms with Gasteiger partial charge in [0.2, 0.25) is 0 Å². The lowest BCUT2D eigenvalue weighted by Gasteiger charge is -2.35. The summed E-state index contributed by atoms with van der Waals surface area (Å²) < 4.78 is 6.50. The van der Waals surface area contributed by atoms with E-state index in [9.17, 15) is 5.11 Å². The minimum absolute atomic E-state index is 0.240. The van der Waals surface area contributed by atoms with E-state index in [1.165, 1.54) is 70.6 Å². The maximum Gasteiger partial charge on any atom is 0.0710 e. The van der Waals surface area contributed by atoms with Crippen LogP contribution in [0.5, 0.6) is 0 Å². The van der Waals surface area contributed by atoms with Gasteiger partial charge in [0.05, 0.1) is 18.3 Å². The van der Waals surface area contributed by atoms with Gasteiger partial charge in [-0.05, 0) is 38.5 Å². The summed E-state index contributed by atoms with van der Waals surface area (Å²) in [4.78, 5) is 2.51. The molecule has 3 heteroatoms. The summed E-state index contributed by atoms with van der Waals surface area (Å²) in [5.41, 5.74) is 0.240. The van der Waals surface area contributed by atoms with Gasteiger partial charge in [0.25, 0.3) is 0 Å². The van der Waals surface area contributed by atoms with Gasteiger partial charge in [-0.3, -0.25) is 4.90 Å². The number of rotatable bonds is 5. The molecular weight excluding hydrogens is 250 g/mol. The summed E-state index contributed by atoms with van der Waals surface area (Å²) in [5.74, 6) is 0. The van der Waals surface area contributed by atoms with Crippen LogP contribution in [-0.4, -0.2) is 47.4 Å². The van der Waals surface area contributed by atoms with Crippen LogP contribution in [-0.2, 0) is 4.74 Å². The molecule has 20 heavy (non-hydrogen) atoms. The summed E-state index contributed by atoms with van der Waals surface area (Å²) in [6.07, 6.45) is 15.0. The topological polar surface area (TPSA) is 32.7 Å². The molecule has 2 aliphatic carbocycles. The molecule has 1 saturated heterocycles. The second kappa shape index (κ2) is 6.76. The predicted molar refractivity (Wildman–Crippen MR) is 80.8 cm³/mol. The molecule has 0 radical (unpaired) electrons. The highest BCUT2D eigenvalue weighted by molar-refractivity contribution is 4.92. The normalized spacial score (nSPS) is 30.6. The third-order valence-electron chi connectivity index (χ3n) is 5.77. The van der Waals surface area contributed by atoms with Crippen LogP contribution >= 0.6 is 0 Å². The Morgan fingerprint density at radius 1 is 0.950 bits per heavy atom. The predicted octanol–water partition coefficient (Wildman–Crippen LogP) is 3.11. The van der Waals surface area contributed by atoms with Crippen molar-refractivity contribution < 1.29 is 9.84 Å². The highest BCUT2D eigenvalue weighted by atomic mass is 16.5. The van der Waals surface area contributed by atoms with Gasteiger partial charge >= 0.3 is 0 Å². The molecule has 1 atom stereocenters. The molecule has 0 aromatic rings. The Labute approximate surface area is 123 Å². The Bertz CT molecular complexity index is 295. The molecular formula is C17H31NO2. The van der Waals surface area contributed by atoms with Crippen LogP contribution < -0.4 is 0 Å². The molecule has 1 unspecified atom stereocenters. The summed E-state index contributed by atoms with van der Waals surface area (Å²) in [7, 11) is 0. The fourth-order valence-electron chi connectivity index (χ4n) is 4.67. The number of ether oxygens (including phenoxy) is 1. The van der Waals surface area contributed by atoms with Crippen LogP contribution in [0.3, 0.4) is 0 Å². The molecule has 2 saturated carbocycles. The molecule has 1 heterocycles. The molecule has 3 rings (SSSR count). The van der Waals surface area contributed by atoms with E-state index in [1.54, 1.807) is 0 Å². The van der Waals surface area contributed by atoms with Gasteiger partial charge in [-0.2, -0.15) is 0 Å². The van der Waals surface area contributed by atoms with E-state index in [4.69, 9.17) is 4.74 Å². The molecule has 1 aliphatic heterocycles. The third kappa shape index (κ3) is 3.37. The monoisotopic (exact) mass is 281 g/mol. The van der Waals surface area contributed by atoms with E-state index in [0.717, 1.165) is 13.1 Å². The number of hydrogen-bond donors (Lipinski definition) is 1. The standard InChI is InChI=1S/C17H31NO2/c19-13-12-18(15-6-2-3-7-15)14-16-8-11-17(20-16)9-4-1-5-10-17/h15-16,19H,1-14H2. The van der Waals surface area contributed by atoms with Gasteiger partial charge in [0, 0.05) is 19.1 Å². The number of nitrogens with zero attached hydrogens (tertiary/aromatic N) is 1. The average Bonchev–Trinajstić information content (AvgIpc) is 3.10. The van der Waals surface area contributed by atoms with E-state index in [1.807, 2.05) is 0 Å². The summed E-state index contributed by atoms with van der Waals surface area (Å²) in [6.45, 7) is 2.17. The molecule has 0 aromatic heterocycles. The zero-order valence-corrected chi connectivity index (χ0v) is 12.9. The molecule has 0 amide bonds. The zero-order valence-electron chi connectivity index (χ0n) is 12.9. The first-order valence-corrected chi connectivity index (χ1v) is 8.84. The van der Waals surface area contributed by atoms with Crippen molar-refractivity contribution >= 4 is 0 Å². The lowest BCUT2D eigenvalue weighted by molar-refractivity contribution is -0.0754. The molecule has 3 aliphatic rings. The quantitative estimate of drug-likeness (QED) is 0.840. The van der Waals surface area contributed by atoms with Crippen LogP contribution in [0.1, 0.15) is 70.6 Å². The van der Waals surface area contributed by atoms with Gasteiger partial charge in [0.15, 0.2) is 0 Å². The van der Waals surface area contributed by atoms with Gasteiger partial charge in [0.1, 0.15) is 0 Å². The first-order chi connectivity index (χ1) is 9.81. The highest BCUT2D eigenvalue weighted by Gasteiger charge is 2.41. The maximum atomic E-state index is 9.33. The Hall–Kier alpha value is -0.120.